The second-order valence-corrected chi connectivity index (χ2v) is 9.01. The third-order valence-electron chi connectivity index (χ3n) is 5.00. The third kappa shape index (κ3) is 7.50. The molecule has 28 heavy (non-hydrogen) atoms. The van der Waals surface area contributed by atoms with Crippen LogP contribution in [0.4, 0.5) is 10.5 Å². The molecule has 1 aliphatic rings. The minimum Gasteiger partial charge on any atom is -0.337 e. The molecule has 0 aliphatic heterocycles. The summed E-state index contributed by atoms with van der Waals surface area (Å²) < 4.78 is 26.4. The number of carbonyl (C=O) groups excluding carboxylic acids is 2. The van der Waals surface area contributed by atoms with Crippen molar-refractivity contribution in [2.75, 3.05) is 11.9 Å². The monoisotopic (exact) mass is 409 g/mol. The summed E-state index contributed by atoms with van der Waals surface area (Å²) in [6.07, 6.45) is 9.29. The average molecular weight is 410 g/mol. The number of unbranched alkanes of at least 4 members (excludes halogenated alkanes) is 1. The lowest BCUT2D eigenvalue weighted by Crippen LogP contribution is -2.39. The van der Waals surface area contributed by atoms with Crippen LogP contribution in [0.5, 0.6) is 0 Å². The first-order valence-electron chi connectivity index (χ1n) is 10.1. The molecule has 3 amide bonds. The highest BCUT2D eigenvalue weighted by molar-refractivity contribution is 7.90. The molecule has 1 aliphatic carbocycles. The van der Waals surface area contributed by atoms with Crippen LogP contribution in [0.15, 0.2) is 29.2 Å². The summed E-state index contributed by atoms with van der Waals surface area (Å²) in [5.74, 6) is 0.580. The summed E-state index contributed by atoms with van der Waals surface area (Å²) in [4.78, 5) is 23.7. The normalized spacial score (nSPS) is 15.0. The number of hydrogen-bond donors (Lipinski definition) is 3. The molecule has 0 heterocycles. The van der Waals surface area contributed by atoms with Gasteiger partial charge in [-0.05, 0) is 43.0 Å². The number of rotatable bonds is 9. The molecule has 0 unspecified atom stereocenters. The number of nitrogens with one attached hydrogen (secondary N) is 3. The van der Waals surface area contributed by atoms with E-state index in [1.807, 2.05) is 11.6 Å². The molecule has 2 rings (SSSR count). The summed E-state index contributed by atoms with van der Waals surface area (Å²) >= 11 is 0. The molecule has 0 aromatic heterocycles. The van der Waals surface area contributed by atoms with Crippen molar-refractivity contribution in [3.8, 4) is 0 Å². The maximum absolute atomic E-state index is 12.2. The van der Waals surface area contributed by atoms with E-state index in [1.54, 1.807) is 0 Å². The van der Waals surface area contributed by atoms with Gasteiger partial charge in [-0.1, -0.05) is 45.4 Å². The van der Waals surface area contributed by atoms with Crippen LogP contribution in [0.2, 0.25) is 0 Å². The predicted octanol–water partition coefficient (Wildman–Crippen LogP) is 3.77. The van der Waals surface area contributed by atoms with E-state index in [4.69, 9.17) is 0 Å². The molecule has 0 atom stereocenters. The fourth-order valence-electron chi connectivity index (χ4n) is 3.35. The van der Waals surface area contributed by atoms with E-state index in [0.29, 0.717) is 24.6 Å². The van der Waals surface area contributed by atoms with E-state index in [9.17, 15) is 18.0 Å². The second-order valence-electron chi connectivity index (χ2n) is 7.33. The summed E-state index contributed by atoms with van der Waals surface area (Å²) in [5.41, 5.74) is 0.542. The van der Waals surface area contributed by atoms with Crippen molar-refractivity contribution < 1.29 is 18.0 Å². The number of carbonyl (C=O) groups is 2. The Kier molecular flexibility index (Phi) is 8.76. The van der Waals surface area contributed by atoms with Crippen LogP contribution < -0.4 is 15.4 Å². The van der Waals surface area contributed by atoms with Gasteiger partial charge in [0.05, 0.1) is 4.90 Å². The lowest BCUT2D eigenvalue weighted by Gasteiger charge is -2.21. The van der Waals surface area contributed by atoms with Crippen molar-refractivity contribution in [3.05, 3.63) is 24.3 Å². The molecule has 1 saturated carbocycles. The summed E-state index contributed by atoms with van der Waals surface area (Å²) in [6.45, 7) is 2.40. The largest absolute Gasteiger partial charge is 0.337 e. The summed E-state index contributed by atoms with van der Waals surface area (Å²) in [5, 5.41) is 5.30. The SMILES string of the molecule is CCCCNC(=O)NS(=O)(=O)c1ccc(NC(=O)CCC2CCCCC2)cc1. The molecular formula is C20H31N3O4S. The zero-order valence-corrected chi connectivity index (χ0v) is 17.3. The Morgan fingerprint density at radius 3 is 2.39 bits per heavy atom. The second kappa shape index (κ2) is 11.0. The highest BCUT2D eigenvalue weighted by Gasteiger charge is 2.18. The van der Waals surface area contributed by atoms with Gasteiger partial charge in [0.1, 0.15) is 0 Å². The molecule has 3 N–H and O–H groups in total. The molecular weight excluding hydrogens is 378 g/mol. The first-order chi connectivity index (χ1) is 13.4. The van der Waals surface area contributed by atoms with E-state index >= 15 is 0 Å². The van der Waals surface area contributed by atoms with Gasteiger partial charge in [0, 0.05) is 18.7 Å². The van der Waals surface area contributed by atoms with Crippen LogP contribution >= 0.6 is 0 Å². The van der Waals surface area contributed by atoms with Crippen LogP contribution in [0.1, 0.15) is 64.7 Å². The number of benzene rings is 1. The minimum atomic E-state index is -3.94. The molecule has 1 fully saturated rings. The zero-order chi connectivity index (χ0) is 20.4. The molecule has 1 aromatic carbocycles. The van der Waals surface area contributed by atoms with Gasteiger partial charge in [-0.3, -0.25) is 4.79 Å². The quantitative estimate of drug-likeness (QED) is 0.540. The van der Waals surface area contributed by atoms with E-state index in [1.165, 1.54) is 56.4 Å². The van der Waals surface area contributed by atoms with Gasteiger partial charge in [0.25, 0.3) is 10.0 Å². The van der Waals surface area contributed by atoms with Crippen LogP contribution in [-0.2, 0) is 14.8 Å². The van der Waals surface area contributed by atoms with Crippen molar-refractivity contribution in [1.29, 1.82) is 0 Å². The maximum atomic E-state index is 12.2. The molecule has 0 saturated heterocycles. The Morgan fingerprint density at radius 2 is 1.75 bits per heavy atom. The number of sulfonamides is 1. The van der Waals surface area contributed by atoms with Crippen molar-refractivity contribution in [2.45, 2.75) is 69.6 Å². The number of hydrogen-bond acceptors (Lipinski definition) is 4. The van der Waals surface area contributed by atoms with Gasteiger partial charge in [-0.25, -0.2) is 17.9 Å². The number of amides is 3. The Balaban J connectivity index is 1.82. The number of urea groups is 1. The van der Waals surface area contributed by atoms with Crippen molar-refractivity contribution in [1.82, 2.24) is 10.0 Å². The lowest BCUT2D eigenvalue weighted by atomic mass is 9.86. The third-order valence-corrected chi connectivity index (χ3v) is 6.34. The van der Waals surface area contributed by atoms with Crippen molar-refractivity contribution in [2.24, 2.45) is 5.92 Å². The molecule has 0 bridgehead atoms. The predicted molar refractivity (Wildman–Crippen MR) is 110 cm³/mol. The van der Waals surface area contributed by atoms with Gasteiger partial charge < -0.3 is 10.6 Å². The van der Waals surface area contributed by atoms with Gasteiger partial charge >= 0.3 is 6.03 Å². The van der Waals surface area contributed by atoms with Gasteiger partial charge in [-0.15, -0.1) is 0 Å². The van der Waals surface area contributed by atoms with Crippen LogP contribution in [-0.4, -0.2) is 26.9 Å². The molecule has 7 nitrogen and oxygen atoms in total. The fraction of sp³-hybridized carbons (Fsp3) is 0.600. The zero-order valence-electron chi connectivity index (χ0n) is 16.5. The summed E-state index contributed by atoms with van der Waals surface area (Å²) in [7, 11) is -3.94. The first kappa shape index (κ1) is 22.2. The maximum Gasteiger partial charge on any atom is 0.328 e. The Morgan fingerprint density at radius 1 is 1.07 bits per heavy atom. The van der Waals surface area contributed by atoms with Crippen molar-refractivity contribution in [3.63, 3.8) is 0 Å². The van der Waals surface area contributed by atoms with Crippen molar-refractivity contribution >= 4 is 27.6 Å². The fourth-order valence-corrected chi connectivity index (χ4v) is 4.28. The Hall–Kier alpha value is -2.09. The topological polar surface area (TPSA) is 104 Å². The standard InChI is InChI=1S/C20H31N3O4S/c1-2-3-15-21-20(25)23-28(26,27)18-12-10-17(11-13-18)22-19(24)14-9-16-7-5-4-6-8-16/h10-13,16H,2-9,14-15H2,1H3,(H,22,24)(H2,21,23,25). The van der Waals surface area contributed by atoms with E-state index < -0.39 is 16.1 Å². The van der Waals surface area contributed by atoms with E-state index in [0.717, 1.165) is 19.3 Å². The highest BCUT2D eigenvalue weighted by Crippen LogP contribution is 2.27. The van der Waals surface area contributed by atoms with Gasteiger partial charge in [0.2, 0.25) is 5.91 Å². The number of anilines is 1. The van der Waals surface area contributed by atoms with Gasteiger partial charge in [-0.2, -0.15) is 0 Å². The van der Waals surface area contributed by atoms with Crippen LogP contribution in [0.25, 0.3) is 0 Å². The van der Waals surface area contributed by atoms with E-state index in [-0.39, 0.29) is 10.8 Å². The Labute approximate surface area is 167 Å². The lowest BCUT2D eigenvalue weighted by molar-refractivity contribution is -0.116. The van der Waals surface area contributed by atoms with Gasteiger partial charge in [0.15, 0.2) is 0 Å². The van der Waals surface area contributed by atoms with Crippen LogP contribution in [0.3, 0.4) is 0 Å². The first-order valence-corrected chi connectivity index (χ1v) is 11.6. The minimum absolute atomic E-state index is 0.0293. The smallest absolute Gasteiger partial charge is 0.328 e. The molecule has 0 radical (unpaired) electrons. The molecule has 1 aromatic rings. The molecule has 0 spiro atoms. The average Bonchev–Trinajstić information content (AvgIpc) is 2.67. The highest BCUT2D eigenvalue weighted by atomic mass is 32.2. The van der Waals surface area contributed by atoms with E-state index in [2.05, 4.69) is 10.6 Å². The molecule has 156 valence electrons. The Bertz CT molecular complexity index is 741. The molecule has 8 heteroatoms. The van der Waals surface area contributed by atoms with Crippen LogP contribution in [0, 0.1) is 5.92 Å². The summed E-state index contributed by atoms with van der Waals surface area (Å²) in [6, 6.07) is 5.06.